The maximum atomic E-state index is 13.4. The predicted octanol–water partition coefficient (Wildman–Crippen LogP) is 5.65. The van der Waals surface area contributed by atoms with Crippen molar-refractivity contribution < 1.29 is 4.42 Å². The van der Waals surface area contributed by atoms with Crippen LogP contribution >= 0.6 is 11.8 Å². The van der Waals surface area contributed by atoms with E-state index >= 15 is 0 Å². The van der Waals surface area contributed by atoms with Crippen LogP contribution in [-0.2, 0) is 5.75 Å². The largest absolute Gasteiger partial charge is 0.444 e. The van der Waals surface area contributed by atoms with Crippen LogP contribution in [0.5, 0.6) is 0 Å². The smallest absolute Gasteiger partial charge is 0.267 e. The lowest BCUT2D eigenvalue weighted by molar-refractivity contribution is 0.573. The lowest BCUT2D eigenvalue weighted by Gasteiger charge is -2.13. The topological polar surface area (TPSA) is 73.8 Å². The summed E-state index contributed by atoms with van der Waals surface area (Å²) in [4.78, 5) is 27.3. The summed E-state index contributed by atoms with van der Waals surface area (Å²) in [5.41, 5.74) is 5.49. The average Bonchev–Trinajstić information content (AvgIpc) is 3.27. The standard InChI is InChI=1S/C26H22N4O2S/c1-16-10-11-20(18(3)13-16)24-28-19(14-32-24)15-33-26-29-22-9-5-4-8-21(22)25(31)30(26)23-17(2)7-6-12-27-23/h4-14H,15H2,1-3H3. The fraction of sp³-hybridized carbons (Fsp3) is 0.154. The quantitative estimate of drug-likeness (QED) is 0.252. The lowest BCUT2D eigenvalue weighted by Crippen LogP contribution is -2.23. The van der Waals surface area contributed by atoms with Crippen LogP contribution in [0, 0.1) is 20.8 Å². The van der Waals surface area contributed by atoms with Gasteiger partial charge in [0.05, 0.1) is 16.6 Å². The van der Waals surface area contributed by atoms with Gasteiger partial charge in [-0.3, -0.25) is 4.79 Å². The fourth-order valence-electron chi connectivity index (χ4n) is 3.80. The van der Waals surface area contributed by atoms with Crippen molar-refractivity contribution in [2.24, 2.45) is 0 Å². The Morgan fingerprint density at radius 1 is 0.970 bits per heavy atom. The number of hydrogen-bond donors (Lipinski definition) is 0. The molecule has 164 valence electrons. The zero-order valence-corrected chi connectivity index (χ0v) is 19.4. The highest BCUT2D eigenvalue weighted by Gasteiger charge is 2.17. The third-order valence-corrected chi connectivity index (χ3v) is 6.42. The molecule has 0 aliphatic heterocycles. The monoisotopic (exact) mass is 454 g/mol. The Hall–Kier alpha value is -3.71. The van der Waals surface area contributed by atoms with Gasteiger partial charge in [0.1, 0.15) is 12.1 Å². The second-order valence-electron chi connectivity index (χ2n) is 7.95. The van der Waals surface area contributed by atoms with Gasteiger partial charge in [-0.1, -0.05) is 47.7 Å². The molecule has 0 unspecified atom stereocenters. The lowest BCUT2D eigenvalue weighted by atomic mass is 10.1. The predicted molar refractivity (Wildman–Crippen MR) is 131 cm³/mol. The Bertz CT molecular complexity index is 1540. The first-order chi connectivity index (χ1) is 16.0. The van der Waals surface area contributed by atoms with Gasteiger partial charge in [-0.15, -0.1) is 0 Å². The number of rotatable bonds is 5. The number of thioether (sulfide) groups is 1. The van der Waals surface area contributed by atoms with Crippen LogP contribution in [-0.4, -0.2) is 19.5 Å². The average molecular weight is 455 g/mol. The molecule has 2 aromatic carbocycles. The number of oxazole rings is 1. The van der Waals surface area contributed by atoms with E-state index in [1.165, 1.54) is 17.3 Å². The minimum absolute atomic E-state index is 0.138. The van der Waals surface area contributed by atoms with Gasteiger partial charge in [-0.05, 0) is 56.2 Å². The van der Waals surface area contributed by atoms with E-state index in [1.807, 2.05) is 56.3 Å². The number of para-hydroxylation sites is 1. The SMILES string of the molecule is Cc1ccc(-c2nc(CSc3nc4ccccc4c(=O)n3-c3ncccc3C)co2)c(C)c1. The summed E-state index contributed by atoms with van der Waals surface area (Å²) in [6.07, 6.45) is 3.35. The first-order valence-electron chi connectivity index (χ1n) is 10.6. The molecule has 0 bridgehead atoms. The first-order valence-corrected chi connectivity index (χ1v) is 11.6. The molecule has 0 N–H and O–H groups in total. The van der Waals surface area contributed by atoms with Gasteiger partial charge < -0.3 is 4.42 Å². The van der Waals surface area contributed by atoms with Crippen molar-refractivity contribution in [3.05, 3.63) is 99.8 Å². The molecule has 0 aliphatic rings. The summed E-state index contributed by atoms with van der Waals surface area (Å²) in [7, 11) is 0. The summed E-state index contributed by atoms with van der Waals surface area (Å²) in [5.74, 6) is 1.68. The van der Waals surface area contributed by atoms with Gasteiger partial charge in [0.15, 0.2) is 5.16 Å². The molecule has 5 rings (SSSR count). The molecule has 3 heterocycles. The van der Waals surface area contributed by atoms with Crippen LogP contribution in [0.3, 0.4) is 0 Å². The molecule has 0 atom stereocenters. The third-order valence-electron chi connectivity index (χ3n) is 5.45. The molecule has 7 heteroatoms. The summed E-state index contributed by atoms with van der Waals surface area (Å²) < 4.78 is 7.35. The van der Waals surface area contributed by atoms with E-state index in [0.717, 1.165) is 22.4 Å². The molecular weight excluding hydrogens is 432 g/mol. The maximum Gasteiger partial charge on any atom is 0.267 e. The van der Waals surface area contributed by atoms with E-state index in [2.05, 4.69) is 23.0 Å². The zero-order chi connectivity index (χ0) is 22.9. The number of benzene rings is 2. The van der Waals surface area contributed by atoms with Gasteiger partial charge in [0, 0.05) is 17.5 Å². The van der Waals surface area contributed by atoms with Crippen LogP contribution in [0.15, 0.2) is 81.4 Å². The number of aromatic nitrogens is 4. The molecular formula is C26H22N4O2S. The summed E-state index contributed by atoms with van der Waals surface area (Å²) in [5, 5.41) is 1.13. The van der Waals surface area contributed by atoms with E-state index in [1.54, 1.807) is 23.1 Å². The molecule has 0 spiro atoms. The van der Waals surface area contributed by atoms with Crippen molar-refractivity contribution in [2.75, 3.05) is 0 Å². The highest BCUT2D eigenvalue weighted by Crippen LogP contribution is 2.28. The number of hydrogen-bond acceptors (Lipinski definition) is 6. The van der Waals surface area contributed by atoms with Crippen molar-refractivity contribution in [3.63, 3.8) is 0 Å². The van der Waals surface area contributed by atoms with Crippen molar-refractivity contribution >= 4 is 22.7 Å². The van der Waals surface area contributed by atoms with E-state index in [9.17, 15) is 4.79 Å². The molecule has 6 nitrogen and oxygen atoms in total. The van der Waals surface area contributed by atoms with Gasteiger partial charge in [0.25, 0.3) is 5.56 Å². The molecule has 0 radical (unpaired) electrons. The van der Waals surface area contributed by atoms with E-state index in [0.29, 0.717) is 33.5 Å². The Labute approximate surface area is 195 Å². The summed E-state index contributed by atoms with van der Waals surface area (Å²) in [6, 6.07) is 17.4. The fourth-order valence-corrected chi connectivity index (χ4v) is 4.67. The second kappa shape index (κ2) is 8.67. The molecule has 0 aliphatic carbocycles. The van der Waals surface area contributed by atoms with E-state index < -0.39 is 0 Å². The first kappa shape index (κ1) is 21.2. The van der Waals surface area contributed by atoms with Gasteiger partial charge >= 0.3 is 0 Å². The van der Waals surface area contributed by atoms with Gasteiger partial charge in [-0.2, -0.15) is 0 Å². The van der Waals surface area contributed by atoms with Crippen molar-refractivity contribution in [2.45, 2.75) is 31.7 Å². The van der Waals surface area contributed by atoms with Crippen LogP contribution in [0.2, 0.25) is 0 Å². The van der Waals surface area contributed by atoms with Crippen LogP contribution in [0.4, 0.5) is 0 Å². The Morgan fingerprint density at radius 3 is 2.64 bits per heavy atom. The Morgan fingerprint density at radius 2 is 1.82 bits per heavy atom. The number of aryl methyl sites for hydroxylation is 3. The number of fused-ring (bicyclic) bond motifs is 1. The van der Waals surface area contributed by atoms with Crippen molar-refractivity contribution in [3.8, 4) is 17.3 Å². The molecule has 0 fully saturated rings. The molecule has 0 saturated carbocycles. The summed E-state index contributed by atoms with van der Waals surface area (Å²) >= 11 is 1.44. The van der Waals surface area contributed by atoms with E-state index in [4.69, 9.17) is 9.40 Å². The molecule has 33 heavy (non-hydrogen) atoms. The second-order valence-corrected chi connectivity index (χ2v) is 8.89. The minimum Gasteiger partial charge on any atom is -0.444 e. The van der Waals surface area contributed by atoms with Crippen LogP contribution in [0.1, 0.15) is 22.4 Å². The third kappa shape index (κ3) is 4.07. The zero-order valence-electron chi connectivity index (χ0n) is 18.6. The molecule has 0 saturated heterocycles. The maximum absolute atomic E-state index is 13.4. The number of pyridine rings is 1. The summed E-state index contributed by atoms with van der Waals surface area (Å²) in [6.45, 7) is 6.05. The van der Waals surface area contributed by atoms with Gasteiger partial charge in [0.2, 0.25) is 5.89 Å². The van der Waals surface area contributed by atoms with Gasteiger partial charge in [-0.25, -0.2) is 19.5 Å². The van der Waals surface area contributed by atoms with Crippen molar-refractivity contribution in [1.29, 1.82) is 0 Å². The van der Waals surface area contributed by atoms with Crippen LogP contribution in [0.25, 0.3) is 28.2 Å². The Balaban J connectivity index is 1.52. The van der Waals surface area contributed by atoms with E-state index in [-0.39, 0.29) is 5.56 Å². The molecule has 5 aromatic rings. The number of nitrogens with zero attached hydrogens (tertiary/aromatic N) is 4. The molecule has 3 aromatic heterocycles. The Kier molecular flexibility index (Phi) is 5.56. The normalized spacial score (nSPS) is 11.2. The molecule has 0 amide bonds. The van der Waals surface area contributed by atoms with Crippen molar-refractivity contribution in [1.82, 2.24) is 19.5 Å². The highest BCUT2D eigenvalue weighted by atomic mass is 32.2. The highest BCUT2D eigenvalue weighted by molar-refractivity contribution is 7.98. The minimum atomic E-state index is -0.138. The van der Waals surface area contributed by atoms with Crippen LogP contribution < -0.4 is 5.56 Å².